The Morgan fingerprint density at radius 3 is 2.74 bits per heavy atom. The molecule has 6 heteroatoms. The zero-order valence-corrected chi connectivity index (χ0v) is 12.6. The average Bonchev–Trinajstić information content (AvgIpc) is 2.55. The first kappa shape index (κ1) is 15.3. The van der Waals surface area contributed by atoms with Crippen LogP contribution in [0.1, 0.15) is 25.7 Å². The van der Waals surface area contributed by atoms with Crippen LogP contribution in [0.15, 0.2) is 48.1 Å². The van der Waals surface area contributed by atoms with Gasteiger partial charge in [-0.2, -0.15) is 0 Å². The van der Waals surface area contributed by atoms with Crippen molar-refractivity contribution in [2.24, 2.45) is 5.92 Å². The van der Waals surface area contributed by atoms with Gasteiger partial charge >= 0.3 is 6.09 Å². The molecule has 0 saturated heterocycles. The van der Waals surface area contributed by atoms with Crippen LogP contribution in [0, 0.1) is 16.0 Å². The maximum Gasteiger partial charge on any atom is 0.412 e. The number of carbonyl (C=O) groups is 1. The molecule has 1 aromatic carbocycles. The van der Waals surface area contributed by atoms with E-state index in [0.717, 1.165) is 19.3 Å². The van der Waals surface area contributed by atoms with Crippen LogP contribution in [0.4, 0.5) is 16.2 Å². The van der Waals surface area contributed by atoms with Gasteiger partial charge in [0.05, 0.1) is 4.92 Å². The molecular weight excluding hydrogens is 296 g/mol. The van der Waals surface area contributed by atoms with Crippen molar-refractivity contribution >= 4 is 17.5 Å². The van der Waals surface area contributed by atoms with Gasteiger partial charge in [-0.3, -0.25) is 15.4 Å². The summed E-state index contributed by atoms with van der Waals surface area (Å²) in [4.78, 5) is 22.1. The molecule has 6 nitrogen and oxygen atoms in total. The maximum atomic E-state index is 11.9. The summed E-state index contributed by atoms with van der Waals surface area (Å²) in [6.07, 6.45) is 9.69. The van der Waals surface area contributed by atoms with Crippen molar-refractivity contribution in [2.45, 2.75) is 31.8 Å². The zero-order valence-electron chi connectivity index (χ0n) is 12.6. The summed E-state index contributed by atoms with van der Waals surface area (Å²) >= 11 is 0. The van der Waals surface area contributed by atoms with Crippen LogP contribution < -0.4 is 5.32 Å². The molecule has 2 aliphatic carbocycles. The van der Waals surface area contributed by atoms with E-state index in [2.05, 4.69) is 17.5 Å². The summed E-state index contributed by atoms with van der Waals surface area (Å²) in [5.41, 5.74) is 1.71. The van der Waals surface area contributed by atoms with E-state index in [1.165, 1.54) is 36.3 Å². The molecule has 0 spiro atoms. The van der Waals surface area contributed by atoms with Gasteiger partial charge in [0.1, 0.15) is 6.10 Å². The van der Waals surface area contributed by atoms with Gasteiger partial charge in [0.15, 0.2) is 0 Å². The summed E-state index contributed by atoms with van der Waals surface area (Å²) in [6, 6.07) is 5.66. The second-order valence-corrected chi connectivity index (χ2v) is 5.79. The molecular formula is C17H18N2O4. The Balaban J connectivity index is 1.58. The number of amides is 1. The first-order chi connectivity index (χ1) is 11.1. The molecule has 1 amide bonds. The molecule has 0 radical (unpaired) electrons. The Morgan fingerprint density at radius 1 is 1.22 bits per heavy atom. The van der Waals surface area contributed by atoms with E-state index in [1.807, 2.05) is 6.08 Å². The van der Waals surface area contributed by atoms with Gasteiger partial charge in [-0.25, -0.2) is 4.79 Å². The lowest BCUT2D eigenvalue weighted by molar-refractivity contribution is -0.384. The fourth-order valence-corrected chi connectivity index (χ4v) is 3.03. The predicted octanol–water partition coefficient (Wildman–Crippen LogP) is 4.20. The van der Waals surface area contributed by atoms with E-state index in [-0.39, 0.29) is 11.8 Å². The highest BCUT2D eigenvalue weighted by Crippen LogP contribution is 2.33. The fourth-order valence-electron chi connectivity index (χ4n) is 3.03. The molecule has 1 aromatic rings. The van der Waals surface area contributed by atoms with Crippen LogP contribution >= 0.6 is 0 Å². The van der Waals surface area contributed by atoms with Crippen LogP contribution in [-0.2, 0) is 4.74 Å². The Kier molecular flexibility index (Phi) is 4.41. The molecule has 2 atom stereocenters. The van der Waals surface area contributed by atoms with Crippen molar-refractivity contribution in [2.75, 3.05) is 5.32 Å². The molecule has 0 aliphatic heterocycles. The minimum Gasteiger partial charge on any atom is -0.442 e. The number of benzene rings is 1. The number of nitro groups is 1. The molecule has 0 saturated carbocycles. The maximum absolute atomic E-state index is 11.9. The van der Waals surface area contributed by atoms with Crippen molar-refractivity contribution in [3.8, 4) is 0 Å². The first-order valence-electron chi connectivity index (χ1n) is 7.72. The van der Waals surface area contributed by atoms with Crippen LogP contribution in [0.5, 0.6) is 0 Å². The van der Waals surface area contributed by atoms with E-state index in [1.54, 1.807) is 0 Å². The number of hydrogen-bond donors (Lipinski definition) is 1. The third-order valence-electron chi connectivity index (χ3n) is 4.22. The Labute approximate surface area is 134 Å². The van der Waals surface area contributed by atoms with Crippen molar-refractivity contribution in [1.29, 1.82) is 0 Å². The van der Waals surface area contributed by atoms with Crippen molar-refractivity contribution < 1.29 is 14.5 Å². The second-order valence-electron chi connectivity index (χ2n) is 5.79. The van der Waals surface area contributed by atoms with Crippen molar-refractivity contribution in [3.63, 3.8) is 0 Å². The summed E-state index contributed by atoms with van der Waals surface area (Å²) in [7, 11) is 0. The molecule has 3 rings (SSSR count). The number of nitro benzene ring substituents is 1. The van der Waals surface area contributed by atoms with E-state index >= 15 is 0 Å². The molecule has 0 heterocycles. The number of nitrogens with one attached hydrogen (secondary N) is 1. The number of non-ortho nitro benzene ring substituents is 1. The number of ether oxygens (including phenoxy) is 1. The van der Waals surface area contributed by atoms with E-state index < -0.39 is 11.0 Å². The molecule has 0 aromatic heterocycles. The third kappa shape index (κ3) is 3.77. The Bertz CT molecular complexity index is 664. The number of fused-ring (bicyclic) bond motifs is 1. The van der Waals surface area contributed by atoms with Gasteiger partial charge in [-0.05, 0) is 55.4 Å². The van der Waals surface area contributed by atoms with Gasteiger partial charge in [-0.15, -0.1) is 0 Å². The lowest BCUT2D eigenvalue weighted by Gasteiger charge is -2.29. The smallest absolute Gasteiger partial charge is 0.412 e. The number of rotatable bonds is 3. The third-order valence-corrected chi connectivity index (χ3v) is 4.22. The summed E-state index contributed by atoms with van der Waals surface area (Å²) in [5, 5.41) is 13.2. The van der Waals surface area contributed by atoms with Gasteiger partial charge in [0.2, 0.25) is 0 Å². The van der Waals surface area contributed by atoms with E-state index in [9.17, 15) is 14.9 Å². The summed E-state index contributed by atoms with van der Waals surface area (Å²) < 4.78 is 5.43. The van der Waals surface area contributed by atoms with Crippen molar-refractivity contribution in [1.82, 2.24) is 0 Å². The predicted molar refractivity (Wildman–Crippen MR) is 86.2 cm³/mol. The summed E-state index contributed by atoms with van der Waals surface area (Å²) in [5.74, 6) is 0.595. The van der Waals surface area contributed by atoms with Crippen LogP contribution in [0.3, 0.4) is 0 Å². The minimum absolute atomic E-state index is 0.0175. The molecule has 23 heavy (non-hydrogen) atoms. The normalized spacial score (nSPS) is 22.7. The van der Waals surface area contributed by atoms with Crippen LogP contribution in [0.25, 0.3) is 0 Å². The standard InChI is InChI=1S/C17H18N2O4/c20-17(18-14-6-8-15(9-7-14)19(21)22)23-16-10-5-12-3-1-2-4-13(12)11-16/h2,4,6-9,11-12,16H,1,3,5,10H2,(H,18,20)/t12-,16-/m0/s1. The summed E-state index contributed by atoms with van der Waals surface area (Å²) in [6.45, 7) is 0. The molecule has 120 valence electrons. The largest absolute Gasteiger partial charge is 0.442 e. The minimum atomic E-state index is -0.543. The van der Waals surface area contributed by atoms with Gasteiger partial charge in [-0.1, -0.05) is 12.2 Å². The Hall–Kier alpha value is -2.63. The zero-order chi connectivity index (χ0) is 16.2. The lowest BCUT2D eigenvalue weighted by Crippen LogP contribution is -2.26. The van der Waals surface area contributed by atoms with Gasteiger partial charge in [0, 0.05) is 17.8 Å². The monoisotopic (exact) mass is 314 g/mol. The number of anilines is 1. The second kappa shape index (κ2) is 6.64. The number of carbonyl (C=O) groups excluding carboxylic acids is 1. The fraction of sp³-hybridized carbons (Fsp3) is 0.353. The first-order valence-corrected chi connectivity index (χ1v) is 7.72. The highest BCUT2D eigenvalue weighted by atomic mass is 16.6. The molecule has 0 fully saturated rings. The highest BCUT2D eigenvalue weighted by Gasteiger charge is 2.25. The van der Waals surface area contributed by atoms with Crippen molar-refractivity contribution in [3.05, 3.63) is 58.2 Å². The highest BCUT2D eigenvalue weighted by molar-refractivity contribution is 5.84. The van der Waals surface area contributed by atoms with E-state index in [4.69, 9.17) is 4.74 Å². The topological polar surface area (TPSA) is 81.5 Å². The average molecular weight is 314 g/mol. The number of allylic oxidation sites excluding steroid dienone is 3. The molecule has 1 N–H and O–H groups in total. The number of nitrogens with zero attached hydrogens (tertiary/aromatic N) is 1. The lowest BCUT2D eigenvalue weighted by atomic mass is 9.80. The Morgan fingerprint density at radius 2 is 2.00 bits per heavy atom. The van der Waals surface area contributed by atoms with E-state index in [0.29, 0.717) is 11.6 Å². The van der Waals surface area contributed by atoms with Crippen LogP contribution in [-0.4, -0.2) is 17.1 Å². The molecule has 0 unspecified atom stereocenters. The SMILES string of the molecule is O=C(Nc1ccc([N+](=O)[O-])cc1)O[C@@H]1C=C2C=CCC[C@H]2CC1. The molecule has 0 bridgehead atoms. The van der Waals surface area contributed by atoms with Gasteiger partial charge in [0.25, 0.3) is 5.69 Å². The quantitative estimate of drug-likeness (QED) is 0.669. The van der Waals surface area contributed by atoms with Gasteiger partial charge < -0.3 is 4.74 Å². The molecule has 2 aliphatic rings. The van der Waals surface area contributed by atoms with Crippen LogP contribution in [0.2, 0.25) is 0 Å². The number of hydrogen-bond acceptors (Lipinski definition) is 4.